The molecule has 0 aliphatic carbocycles. The van der Waals surface area contributed by atoms with Crippen LogP contribution in [0, 0.1) is 0 Å². The topological polar surface area (TPSA) is 126 Å². The maximum atomic E-state index is 12.0. The predicted molar refractivity (Wildman–Crippen MR) is 99.6 cm³/mol. The molecule has 3 N–H and O–H groups in total. The Morgan fingerprint density at radius 2 is 1.64 bits per heavy atom. The summed E-state index contributed by atoms with van der Waals surface area (Å²) in [5.74, 6) is -0.709. The van der Waals surface area contributed by atoms with Crippen molar-refractivity contribution in [2.75, 3.05) is 32.8 Å². The number of hydrogen-bond acceptors (Lipinski definition) is 7. The second kappa shape index (κ2) is 9.81. The first kappa shape index (κ1) is 20.6. The zero-order chi connectivity index (χ0) is 20.5. The van der Waals surface area contributed by atoms with E-state index in [1.807, 2.05) is 0 Å². The van der Waals surface area contributed by atoms with E-state index in [1.165, 1.54) is 25.3 Å². The number of benzene rings is 2. The van der Waals surface area contributed by atoms with Crippen molar-refractivity contribution in [3.05, 3.63) is 48.0 Å². The van der Waals surface area contributed by atoms with E-state index in [2.05, 4.69) is 5.32 Å². The number of ether oxygens (including phenoxy) is 4. The molecule has 0 spiro atoms. The second-order valence-corrected chi connectivity index (χ2v) is 5.47. The Labute approximate surface area is 161 Å². The van der Waals surface area contributed by atoms with Gasteiger partial charge >= 0.3 is 5.97 Å². The molecule has 0 aromatic heterocycles. The van der Waals surface area contributed by atoms with Crippen molar-refractivity contribution in [2.24, 2.45) is 5.73 Å². The number of primary amides is 1. The van der Waals surface area contributed by atoms with Crippen molar-refractivity contribution < 1.29 is 33.3 Å². The molecule has 0 bridgehead atoms. The Morgan fingerprint density at radius 1 is 0.929 bits per heavy atom. The molecule has 2 amide bonds. The highest BCUT2D eigenvalue weighted by molar-refractivity contribution is 5.93. The van der Waals surface area contributed by atoms with Gasteiger partial charge in [0.05, 0.1) is 19.8 Å². The van der Waals surface area contributed by atoms with Crippen LogP contribution >= 0.6 is 0 Å². The number of hydrogen-bond donors (Lipinski definition) is 2. The Balaban J connectivity index is 1.96. The number of amides is 2. The fourth-order valence-electron chi connectivity index (χ4n) is 2.15. The van der Waals surface area contributed by atoms with Crippen LogP contribution in [-0.2, 0) is 14.3 Å². The van der Waals surface area contributed by atoms with E-state index in [0.29, 0.717) is 11.4 Å². The number of carbonyl (C=O) groups excluding carboxylic acids is 3. The van der Waals surface area contributed by atoms with E-state index in [-0.39, 0.29) is 29.6 Å². The van der Waals surface area contributed by atoms with Crippen LogP contribution < -0.4 is 25.3 Å². The molecule has 2 aromatic carbocycles. The fraction of sp³-hybridized carbons (Fsp3) is 0.211. The number of anilines is 1. The lowest BCUT2D eigenvalue weighted by Crippen LogP contribution is -2.21. The van der Waals surface area contributed by atoms with Crippen LogP contribution in [0.2, 0.25) is 0 Å². The van der Waals surface area contributed by atoms with Gasteiger partial charge in [-0.05, 0) is 42.5 Å². The molecule has 0 saturated carbocycles. The lowest BCUT2D eigenvalue weighted by atomic mass is 10.2. The molecule has 148 valence electrons. The van der Waals surface area contributed by atoms with Gasteiger partial charge in [-0.3, -0.25) is 9.59 Å². The minimum absolute atomic E-state index is 0.146. The van der Waals surface area contributed by atoms with Crippen LogP contribution in [0.5, 0.6) is 17.2 Å². The quantitative estimate of drug-likeness (QED) is 0.621. The monoisotopic (exact) mass is 388 g/mol. The molecule has 28 heavy (non-hydrogen) atoms. The Kier molecular flexibility index (Phi) is 7.21. The number of rotatable bonds is 9. The van der Waals surface area contributed by atoms with Gasteiger partial charge in [-0.2, -0.15) is 0 Å². The minimum Gasteiger partial charge on any atom is -0.497 e. The Morgan fingerprint density at radius 3 is 2.25 bits per heavy atom. The van der Waals surface area contributed by atoms with Gasteiger partial charge in [0.1, 0.15) is 5.75 Å². The van der Waals surface area contributed by atoms with Crippen LogP contribution in [0.25, 0.3) is 0 Å². The second-order valence-electron chi connectivity index (χ2n) is 5.47. The van der Waals surface area contributed by atoms with Gasteiger partial charge in [-0.1, -0.05) is 0 Å². The van der Waals surface area contributed by atoms with Crippen molar-refractivity contribution in [3.8, 4) is 17.2 Å². The molecule has 0 radical (unpaired) electrons. The molecule has 9 heteroatoms. The smallest absolute Gasteiger partial charge is 0.338 e. The van der Waals surface area contributed by atoms with E-state index in [4.69, 9.17) is 24.7 Å². The molecule has 2 aromatic rings. The van der Waals surface area contributed by atoms with Crippen molar-refractivity contribution in [1.82, 2.24) is 0 Å². The summed E-state index contributed by atoms with van der Waals surface area (Å²) in [4.78, 5) is 34.6. The van der Waals surface area contributed by atoms with E-state index in [0.717, 1.165) is 0 Å². The van der Waals surface area contributed by atoms with Crippen LogP contribution in [0.15, 0.2) is 42.5 Å². The molecule has 0 heterocycles. The van der Waals surface area contributed by atoms with Gasteiger partial charge in [0.15, 0.2) is 24.7 Å². The molecular formula is C19H20N2O7. The van der Waals surface area contributed by atoms with Crippen molar-refractivity contribution in [1.29, 1.82) is 0 Å². The van der Waals surface area contributed by atoms with Gasteiger partial charge in [-0.15, -0.1) is 0 Å². The normalized spacial score (nSPS) is 9.93. The molecule has 0 aliphatic rings. The molecule has 2 rings (SSSR count). The SMILES string of the molecule is COc1ccc(NC(=O)COc2ccc(C(=O)OCC(N)=O)cc2OC)cc1. The number of methoxy groups -OCH3 is 2. The summed E-state index contributed by atoms with van der Waals surface area (Å²) >= 11 is 0. The largest absolute Gasteiger partial charge is 0.497 e. The van der Waals surface area contributed by atoms with Gasteiger partial charge < -0.3 is 30.0 Å². The molecule has 9 nitrogen and oxygen atoms in total. The molecule has 0 aliphatic heterocycles. The van der Waals surface area contributed by atoms with Gasteiger partial charge in [0.2, 0.25) is 0 Å². The first-order chi connectivity index (χ1) is 13.4. The summed E-state index contributed by atoms with van der Waals surface area (Å²) in [6.07, 6.45) is 0. The summed E-state index contributed by atoms with van der Waals surface area (Å²) in [5, 5.41) is 2.68. The zero-order valence-corrected chi connectivity index (χ0v) is 15.4. The van der Waals surface area contributed by atoms with Gasteiger partial charge in [-0.25, -0.2) is 4.79 Å². The summed E-state index contributed by atoms with van der Waals surface area (Å²) in [7, 11) is 2.94. The highest BCUT2D eigenvalue weighted by atomic mass is 16.5. The average Bonchev–Trinajstić information content (AvgIpc) is 2.70. The molecule has 0 atom stereocenters. The first-order valence-corrected chi connectivity index (χ1v) is 8.13. The molecule has 0 unspecified atom stereocenters. The maximum Gasteiger partial charge on any atom is 0.338 e. The van der Waals surface area contributed by atoms with Gasteiger partial charge in [0, 0.05) is 5.69 Å². The van der Waals surface area contributed by atoms with Crippen LogP contribution in [0.4, 0.5) is 5.69 Å². The maximum absolute atomic E-state index is 12.0. The minimum atomic E-state index is -0.761. The standard InChI is InChI=1S/C19H20N2O7/c1-25-14-6-4-13(5-7-14)21-18(23)11-27-15-8-3-12(9-16(15)26-2)19(24)28-10-17(20)22/h3-9H,10-11H2,1-2H3,(H2,20,22)(H,21,23). The van der Waals surface area contributed by atoms with E-state index < -0.39 is 18.5 Å². The van der Waals surface area contributed by atoms with E-state index >= 15 is 0 Å². The summed E-state index contributed by atoms with van der Waals surface area (Å²) < 4.78 is 20.4. The predicted octanol–water partition coefficient (Wildman–Crippen LogP) is 1.36. The fourth-order valence-corrected chi connectivity index (χ4v) is 2.15. The summed E-state index contributed by atoms with van der Waals surface area (Å²) in [5.41, 5.74) is 5.67. The van der Waals surface area contributed by atoms with Crippen LogP contribution in [0.1, 0.15) is 10.4 Å². The molecule has 0 fully saturated rings. The zero-order valence-electron chi connectivity index (χ0n) is 15.4. The van der Waals surface area contributed by atoms with Crippen molar-refractivity contribution >= 4 is 23.5 Å². The highest BCUT2D eigenvalue weighted by Gasteiger charge is 2.14. The average molecular weight is 388 g/mol. The molecular weight excluding hydrogens is 368 g/mol. The third-order valence-electron chi connectivity index (χ3n) is 3.48. The first-order valence-electron chi connectivity index (χ1n) is 8.13. The lowest BCUT2D eigenvalue weighted by Gasteiger charge is -2.12. The van der Waals surface area contributed by atoms with E-state index in [1.54, 1.807) is 31.4 Å². The number of nitrogens with one attached hydrogen (secondary N) is 1. The molecule has 0 saturated heterocycles. The lowest BCUT2D eigenvalue weighted by molar-refractivity contribution is -0.121. The van der Waals surface area contributed by atoms with E-state index in [9.17, 15) is 14.4 Å². The highest BCUT2D eigenvalue weighted by Crippen LogP contribution is 2.28. The van der Waals surface area contributed by atoms with Crippen LogP contribution in [-0.4, -0.2) is 45.2 Å². The Bertz CT molecular complexity index is 850. The van der Waals surface area contributed by atoms with Gasteiger partial charge in [0.25, 0.3) is 11.8 Å². The summed E-state index contributed by atoms with van der Waals surface area (Å²) in [6.45, 7) is -0.793. The third kappa shape index (κ3) is 5.90. The number of nitrogens with two attached hydrogens (primary N) is 1. The number of esters is 1. The summed E-state index contributed by atoms with van der Waals surface area (Å²) in [6, 6.07) is 11.1. The third-order valence-corrected chi connectivity index (χ3v) is 3.48. The van der Waals surface area contributed by atoms with Crippen molar-refractivity contribution in [3.63, 3.8) is 0 Å². The van der Waals surface area contributed by atoms with Crippen molar-refractivity contribution in [2.45, 2.75) is 0 Å². The Hall–Kier alpha value is -3.75. The number of carbonyl (C=O) groups is 3. The van der Waals surface area contributed by atoms with Crippen LogP contribution in [0.3, 0.4) is 0 Å².